The molecule has 166 valence electrons. The number of likely N-dealkylation sites (tertiary alicyclic amines) is 1. The second-order valence-corrected chi connectivity index (χ2v) is 8.54. The molecule has 0 spiro atoms. The molecule has 4 rings (SSSR count). The molecule has 0 aliphatic carbocycles. The molecule has 1 atom stereocenters. The number of carbonyl (C=O) groups excluding carboxylic acids is 2. The number of amides is 2. The van der Waals surface area contributed by atoms with Crippen LogP contribution in [0.15, 0.2) is 34.7 Å². The van der Waals surface area contributed by atoms with Crippen molar-refractivity contribution in [2.75, 3.05) is 39.3 Å². The summed E-state index contributed by atoms with van der Waals surface area (Å²) < 4.78 is 5.79. The highest BCUT2D eigenvalue weighted by Gasteiger charge is 2.30. The Bertz CT molecular complexity index is 897. The van der Waals surface area contributed by atoms with Crippen molar-refractivity contribution in [2.24, 2.45) is 0 Å². The number of aryl methyl sites for hydroxylation is 1. The van der Waals surface area contributed by atoms with Gasteiger partial charge in [0.05, 0.1) is 18.2 Å². The van der Waals surface area contributed by atoms with Crippen LogP contribution in [0.1, 0.15) is 37.6 Å². The molecule has 0 radical (unpaired) electrons. The smallest absolute Gasteiger partial charge is 0.239 e. The molecule has 31 heavy (non-hydrogen) atoms. The number of aromatic nitrogens is 1. The first-order chi connectivity index (χ1) is 15.0. The van der Waals surface area contributed by atoms with Crippen molar-refractivity contribution in [1.82, 2.24) is 19.7 Å². The molecule has 3 heterocycles. The third-order valence-electron chi connectivity index (χ3n) is 6.47. The molecular weight excluding hydrogens is 392 g/mol. The van der Waals surface area contributed by atoms with Crippen LogP contribution >= 0.6 is 0 Å². The lowest BCUT2D eigenvalue weighted by Crippen LogP contribution is -2.56. The van der Waals surface area contributed by atoms with Crippen LogP contribution in [0.2, 0.25) is 0 Å². The van der Waals surface area contributed by atoms with E-state index in [4.69, 9.17) is 4.42 Å². The van der Waals surface area contributed by atoms with E-state index in [9.17, 15) is 9.59 Å². The van der Waals surface area contributed by atoms with Crippen LogP contribution in [0, 0.1) is 6.92 Å². The Labute approximate surface area is 184 Å². The van der Waals surface area contributed by atoms with Crippen molar-refractivity contribution in [3.63, 3.8) is 0 Å². The molecule has 0 saturated carbocycles. The summed E-state index contributed by atoms with van der Waals surface area (Å²) in [6.45, 7) is 8.33. The minimum Gasteiger partial charge on any atom is -0.441 e. The molecule has 1 unspecified atom stereocenters. The average molecular weight is 425 g/mol. The molecule has 0 N–H and O–H groups in total. The summed E-state index contributed by atoms with van der Waals surface area (Å²) in [6, 6.07) is 9.60. The lowest BCUT2D eigenvalue weighted by atomic mass is 10.1. The zero-order valence-electron chi connectivity index (χ0n) is 18.5. The Kier molecular flexibility index (Phi) is 6.70. The summed E-state index contributed by atoms with van der Waals surface area (Å²) in [5.74, 6) is 1.53. The van der Waals surface area contributed by atoms with Gasteiger partial charge < -0.3 is 14.2 Å². The molecule has 7 nitrogen and oxygen atoms in total. The van der Waals surface area contributed by atoms with Gasteiger partial charge in [-0.3, -0.25) is 14.5 Å². The molecule has 2 aromatic rings. The second kappa shape index (κ2) is 9.64. The lowest BCUT2D eigenvalue weighted by Gasteiger charge is -2.39. The quantitative estimate of drug-likeness (QED) is 0.738. The summed E-state index contributed by atoms with van der Waals surface area (Å²) >= 11 is 0. The van der Waals surface area contributed by atoms with Crippen molar-refractivity contribution in [3.05, 3.63) is 41.8 Å². The third-order valence-corrected chi connectivity index (χ3v) is 6.47. The van der Waals surface area contributed by atoms with E-state index in [1.165, 1.54) is 6.42 Å². The normalized spacial score (nSPS) is 18.8. The second-order valence-electron chi connectivity index (χ2n) is 8.54. The summed E-state index contributed by atoms with van der Waals surface area (Å²) in [6.07, 6.45) is 3.67. The van der Waals surface area contributed by atoms with Gasteiger partial charge in [0.15, 0.2) is 0 Å². The molecule has 2 aliphatic rings. The molecule has 2 amide bonds. The summed E-state index contributed by atoms with van der Waals surface area (Å²) in [7, 11) is 0. The molecule has 2 aliphatic heterocycles. The fourth-order valence-electron chi connectivity index (χ4n) is 4.44. The van der Waals surface area contributed by atoms with Gasteiger partial charge in [-0.25, -0.2) is 4.98 Å². The van der Waals surface area contributed by atoms with Crippen molar-refractivity contribution in [3.8, 4) is 11.5 Å². The van der Waals surface area contributed by atoms with E-state index in [1.54, 1.807) is 0 Å². The highest BCUT2D eigenvalue weighted by molar-refractivity contribution is 5.82. The van der Waals surface area contributed by atoms with Gasteiger partial charge in [0.1, 0.15) is 5.76 Å². The van der Waals surface area contributed by atoms with E-state index in [0.29, 0.717) is 30.4 Å². The van der Waals surface area contributed by atoms with Crippen LogP contribution in [0.3, 0.4) is 0 Å². The molecule has 0 bridgehead atoms. The zero-order valence-corrected chi connectivity index (χ0v) is 18.5. The summed E-state index contributed by atoms with van der Waals surface area (Å²) in [5, 5.41) is 0. The molecule has 1 aromatic carbocycles. The van der Waals surface area contributed by atoms with Gasteiger partial charge >= 0.3 is 0 Å². The Hall–Kier alpha value is -2.67. The Morgan fingerprint density at radius 2 is 1.65 bits per heavy atom. The van der Waals surface area contributed by atoms with Crippen molar-refractivity contribution >= 4 is 11.8 Å². The van der Waals surface area contributed by atoms with E-state index < -0.39 is 0 Å². The summed E-state index contributed by atoms with van der Waals surface area (Å²) in [5.41, 5.74) is 1.60. The van der Waals surface area contributed by atoms with Gasteiger partial charge in [-0.05, 0) is 45.2 Å². The number of nitrogens with zero attached hydrogens (tertiary/aromatic N) is 4. The van der Waals surface area contributed by atoms with Gasteiger partial charge in [-0.2, -0.15) is 0 Å². The highest BCUT2D eigenvalue weighted by atomic mass is 16.4. The van der Waals surface area contributed by atoms with Crippen LogP contribution in [-0.4, -0.2) is 76.8 Å². The first-order valence-electron chi connectivity index (χ1n) is 11.4. The number of rotatable bonds is 5. The van der Waals surface area contributed by atoms with E-state index in [-0.39, 0.29) is 24.3 Å². The van der Waals surface area contributed by atoms with E-state index >= 15 is 0 Å². The minimum absolute atomic E-state index is 0.0608. The van der Waals surface area contributed by atoms with E-state index in [2.05, 4.69) is 9.88 Å². The fourth-order valence-corrected chi connectivity index (χ4v) is 4.44. The predicted molar refractivity (Wildman–Crippen MR) is 118 cm³/mol. The first kappa shape index (κ1) is 21.6. The van der Waals surface area contributed by atoms with Gasteiger partial charge in [-0.1, -0.05) is 18.2 Å². The third kappa shape index (κ3) is 4.98. The molecule has 2 fully saturated rings. The maximum atomic E-state index is 12.9. The fraction of sp³-hybridized carbons (Fsp3) is 0.542. The largest absolute Gasteiger partial charge is 0.441 e. The number of piperazine rings is 1. The van der Waals surface area contributed by atoms with Gasteiger partial charge in [0.25, 0.3) is 0 Å². The lowest BCUT2D eigenvalue weighted by molar-refractivity contribution is -0.139. The molecule has 1 aromatic heterocycles. The van der Waals surface area contributed by atoms with Gasteiger partial charge in [-0.15, -0.1) is 0 Å². The molecule has 2 saturated heterocycles. The predicted octanol–water partition coefficient (Wildman–Crippen LogP) is 2.74. The number of hydrogen-bond donors (Lipinski definition) is 0. The van der Waals surface area contributed by atoms with Crippen LogP contribution in [0.25, 0.3) is 11.5 Å². The minimum atomic E-state index is -0.124. The maximum absolute atomic E-state index is 12.9. The van der Waals surface area contributed by atoms with Crippen molar-refractivity contribution < 1.29 is 14.0 Å². The van der Waals surface area contributed by atoms with Crippen LogP contribution in [0.5, 0.6) is 0 Å². The topological polar surface area (TPSA) is 69.9 Å². The van der Waals surface area contributed by atoms with Crippen LogP contribution < -0.4 is 0 Å². The Morgan fingerprint density at radius 3 is 2.32 bits per heavy atom. The summed E-state index contributed by atoms with van der Waals surface area (Å²) in [4.78, 5) is 36.3. The van der Waals surface area contributed by atoms with Gasteiger partial charge in [0, 0.05) is 44.8 Å². The zero-order chi connectivity index (χ0) is 21.8. The number of oxazole rings is 1. The van der Waals surface area contributed by atoms with Gasteiger partial charge in [0.2, 0.25) is 17.7 Å². The van der Waals surface area contributed by atoms with E-state index in [0.717, 1.165) is 44.6 Å². The average Bonchev–Trinajstić information content (AvgIpc) is 3.19. The number of piperidine rings is 1. The number of hydrogen-bond acceptors (Lipinski definition) is 5. The Balaban J connectivity index is 1.30. The highest BCUT2D eigenvalue weighted by Crippen LogP contribution is 2.22. The van der Waals surface area contributed by atoms with Crippen molar-refractivity contribution in [1.29, 1.82) is 0 Å². The van der Waals surface area contributed by atoms with Crippen LogP contribution in [0.4, 0.5) is 0 Å². The standard InChI is InChI=1S/C24H32N4O3/c1-18(24(30)28-11-7-4-8-12-28)26-13-15-27(16-14-26)22(29)17-21-19(2)31-23(25-21)20-9-5-3-6-10-20/h3,5-6,9-10,18H,4,7-8,11-17H2,1-2H3. The van der Waals surface area contributed by atoms with E-state index in [1.807, 2.05) is 54.0 Å². The van der Waals surface area contributed by atoms with Crippen molar-refractivity contribution in [2.45, 2.75) is 45.6 Å². The number of carbonyl (C=O) groups is 2. The number of benzene rings is 1. The monoisotopic (exact) mass is 424 g/mol. The first-order valence-corrected chi connectivity index (χ1v) is 11.4. The SMILES string of the molecule is Cc1oc(-c2ccccc2)nc1CC(=O)N1CCN(C(C)C(=O)N2CCCCC2)CC1. The molecule has 7 heteroatoms. The molecular formula is C24H32N4O3. The maximum Gasteiger partial charge on any atom is 0.239 e. The Morgan fingerprint density at radius 1 is 0.968 bits per heavy atom. The van der Waals surface area contributed by atoms with Crippen LogP contribution in [-0.2, 0) is 16.0 Å².